The third-order valence-corrected chi connectivity index (χ3v) is 5.15. The molecule has 1 aromatic heterocycles. The Morgan fingerprint density at radius 3 is 2.88 bits per heavy atom. The predicted molar refractivity (Wildman–Crippen MR) is 103 cm³/mol. The number of hydrogen-bond donors (Lipinski definition) is 1. The van der Waals surface area contributed by atoms with Crippen LogP contribution in [-0.2, 0) is 16.2 Å². The van der Waals surface area contributed by atoms with Gasteiger partial charge in [0.1, 0.15) is 0 Å². The van der Waals surface area contributed by atoms with Crippen LogP contribution in [0.4, 0.5) is 0 Å². The smallest absolute Gasteiger partial charge is 0.270 e. The van der Waals surface area contributed by atoms with Crippen molar-refractivity contribution in [2.24, 2.45) is 5.92 Å². The van der Waals surface area contributed by atoms with E-state index in [9.17, 15) is 4.79 Å². The van der Waals surface area contributed by atoms with Gasteiger partial charge in [-0.3, -0.25) is 14.3 Å². The van der Waals surface area contributed by atoms with Crippen molar-refractivity contribution >= 4 is 29.2 Å². The number of carbonyl (C=O) groups is 1. The number of fused-ring (bicyclic) bond motifs is 1. The normalized spacial score (nSPS) is 16.2. The van der Waals surface area contributed by atoms with Crippen LogP contribution in [0.5, 0.6) is 0 Å². The fourth-order valence-corrected chi connectivity index (χ4v) is 3.60. The van der Waals surface area contributed by atoms with E-state index >= 15 is 0 Å². The average Bonchev–Trinajstić information content (AvgIpc) is 2.97. The topological polar surface area (TPSA) is 59.6 Å². The monoisotopic (exact) mass is 377 g/mol. The highest BCUT2D eigenvalue weighted by Crippen LogP contribution is 2.21. The first-order chi connectivity index (χ1) is 12.7. The van der Waals surface area contributed by atoms with Gasteiger partial charge in [0.25, 0.3) is 4.84 Å². The highest BCUT2D eigenvalue weighted by atomic mass is 32.1. The molecule has 0 saturated carbocycles. The molecule has 0 atom stereocenters. The van der Waals surface area contributed by atoms with Crippen LogP contribution in [0.15, 0.2) is 28.7 Å². The average molecular weight is 378 g/mol. The van der Waals surface area contributed by atoms with Gasteiger partial charge in [-0.25, -0.2) is 0 Å². The molecule has 142 valence electrons. The van der Waals surface area contributed by atoms with Crippen molar-refractivity contribution < 1.29 is 13.9 Å². The summed E-state index contributed by atoms with van der Waals surface area (Å²) in [6.45, 7) is 6.58. The third-order valence-electron chi connectivity index (χ3n) is 4.84. The van der Waals surface area contributed by atoms with Gasteiger partial charge < -0.3 is 14.5 Å². The first kappa shape index (κ1) is 19.1. The van der Waals surface area contributed by atoms with Crippen molar-refractivity contribution in [1.82, 2.24) is 14.8 Å². The van der Waals surface area contributed by atoms with E-state index in [-0.39, 0.29) is 11.8 Å². The minimum absolute atomic E-state index is 0.104. The molecule has 26 heavy (non-hydrogen) atoms. The van der Waals surface area contributed by atoms with E-state index in [1.54, 1.807) is 0 Å². The summed E-state index contributed by atoms with van der Waals surface area (Å²) in [4.78, 5) is 15.1. The summed E-state index contributed by atoms with van der Waals surface area (Å²) in [6.07, 6.45) is 2.62. The highest BCUT2D eigenvalue weighted by molar-refractivity contribution is 7.71. The van der Waals surface area contributed by atoms with Crippen molar-refractivity contribution in [2.75, 3.05) is 32.8 Å². The summed E-state index contributed by atoms with van der Waals surface area (Å²) in [5.41, 5.74) is 1.84. The molecule has 0 aliphatic carbocycles. The van der Waals surface area contributed by atoms with Gasteiger partial charge in [0, 0.05) is 38.8 Å². The lowest BCUT2D eigenvalue weighted by atomic mass is 9.96. The number of nitrogens with one attached hydrogen (secondary N) is 1. The molecule has 2 heterocycles. The van der Waals surface area contributed by atoms with E-state index in [0.717, 1.165) is 50.1 Å². The number of benzene rings is 1. The Morgan fingerprint density at radius 1 is 1.35 bits per heavy atom. The zero-order valence-corrected chi connectivity index (χ0v) is 16.1. The Balaban J connectivity index is 1.47. The van der Waals surface area contributed by atoms with Crippen LogP contribution in [-0.4, -0.2) is 48.2 Å². The molecule has 6 nitrogen and oxygen atoms in total. The zero-order chi connectivity index (χ0) is 18.4. The Morgan fingerprint density at radius 2 is 2.12 bits per heavy atom. The lowest BCUT2D eigenvalue weighted by Crippen LogP contribution is -2.41. The largest absolute Gasteiger partial charge is 0.429 e. The maximum atomic E-state index is 12.3. The molecule has 0 radical (unpaired) electrons. The van der Waals surface area contributed by atoms with E-state index in [2.05, 4.69) is 10.2 Å². The van der Waals surface area contributed by atoms with Crippen LogP contribution >= 0.6 is 12.2 Å². The molecule has 0 bridgehead atoms. The number of para-hydroxylation sites is 2. The van der Waals surface area contributed by atoms with Crippen LogP contribution in [0.1, 0.15) is 26.2 Å². The number of aromatic nitrogens is 1. The van der Waals surface area contributed by atoms with E-state index in [1.165, 1.54) is 0 Å². The fraction of sp³-hybridized carbons (Fsp3) is 0.579. The number of ether oxygens (including phenoxy) is 1. The van der Waals surface area contributed by atoms with Crippen LogP contribution < -0.4 is 5.32 Å². The molecule has 1 fully saturated rings. The van der Waals surface area contributed by atoms with Crippen LogP contribution in [0.2, 0.25) is 0 Å². The molecular weight excluding hydrogens is 350 g/mol. The summed E-state index contributed by atoms with van der Waals surface area (Å²) in [5, 5.41) is 3.03. The number of rotatable bonds is 8. The number of oxazole rings is 1. The Labute approximate surface area is 159 Å². The first-order valence-corrected chi connectivity index (χ1v) is 9.76. The van der Waals surface area contributed by atoms with Gasteiger partial charge in [0.05, 0.1) is 12.2 Å². The number of likely N-dealkylation sites (tertiary alicyclic amines) is 1. The molecule has 7 heteroatoms. The molecule has 1 N–H and O–H groups in total. The van der Waals surface area contributed by atoms with Crippen LogP contribution in [0, 0.1) is 10.8 Å². The summed E-state index contributed by atoms with van der Waals surface area (Å²) >= 11 is 5.36. The fourth-order valence-electron chi connectivity index (χ4n) is 3.36. The van der Waals surface area contributed by atoms with Crippen molar-refractivity contribution in [3.05, 3.63) is 29.1 Å². The Bertz CT molecular complexity index is 778. The van der Waals surface area contributed by atoms with E-state index < -0.39 is 0 Å². The minimum atomic E-state index is 0.104. The van der Waals surface area contributed by atoms with E-state index in [4.69, 9.17) is 21.4 Å². The number of carbonyl (C=O) groups excluding carboxylic acids is 1. The van der Waals surface area contributed by atoms with Gasteiger partial charge in [0.2, 0.25) is 5.91 Å². The van der Waals surface area contributed by atoms with E-state index in [1.807, 2.05) is 35.8 Å². The quantitative estimate of drug-likeness (QED) is 0.566. The molecular formula is C19H27N3O3S. The van der Waals surface area contributed by atoms with Gasteiger partial charge in [-0.15, -0.1) is 0 Å². The van der Waals surface area contributed by atoms with Gasteiger partial charge in [-0.05, 0) is 50.5 Å². The van der Waals surface area contributed by atoms with Gasteiger partial charge in [-0.1, -0.05) is 12.1 Å². The van der Waals surface area contributed by atoms with Gasteiger partial charge >= 0.3 is 0 Å². The number of piperidine rings is 1. The van der Waals surface area contributed by atoms with Crippen molar-refractivity contribution in [3.8, 4) is 0 Å². The summed E-state index contributed by atoms with van der Waals surface area (Å²) in [5.74, 6) is 0.277. The van der Waals surface area contributed by atoms with Gasteiger partial charge in [-0.2, -0.15) is 0 Å². The SMILES string of the molecule is CCOCCCNC(=O)C1CCN(Cn2c(=S)oc3ccccc32)CC1. The lowest BCUT2D eigenvalue weighted by molar-refractivity contribution is -0.126. The van der Waals surface area contributed by atoms with Crippen molar-refractivity contribution in [3.63, 3.8) is 0 Å². The second-order valence-corrected chi connectivity index (χ2v) is 6.99. The van der Waals surface area contributed by atoms with E-state index in [0.29, 0.717) is 24.7 Å². The standard InChI is InChI=1S/C19H27N3O3S/c1-2-24-13-5-10-20-18(23)15-8-11-21(12-9-15)14-22-16-6-3-4-7-17(16)25-19(22)26/h3-4,6-7,15H,2,5,8-14H2,1H3,(H,20,23). The number of nitrogens with zero attached hydrogens (tertiary/aromatic N) is 2. The van der Waals surface area contributed by atoms with Crippen molar-refractivity contribution in [2.45, 2.75) is 32.9 Å². The molecule has 1 aliphatic rings. The highest BCUT2D eigenvalue weighted by Gasteiger charge is 2.25. The molecule has 2 aromatic rings. The van der Waals surface area contributed by atoms with Crippen LogP contribution in [0.3, 0.4) is 0 Å². The first-order valence-electron chi connectivity index (χ1n) is 9.35. The molecule has 1 aromatic carbocycles. The lowest BCUT2D eigenvalue weighted by Gasteiger charge is -2.31. The molecule has 0 unspecified atom stereocenters. The molecule has 1 saturated heterocycles. The Kier molecular flexibility index (Phi) is 6.82. The molecule has 1 aliphatic heterocycles. The second-order valence-electron chi connectivity index (χ2n) is 6.64. The second kappa shape index (κ2) is 9.30. The maximum absolute atomic E-state index is 12.3. The number of amides is 1. The zero-order valence-electron chi connectivity index (χ0n) is 15.3. The summed E-state index contributed by atoms with van der Waals surface area (Å²) in [6, 6.07) is 7.90. The maximum Gasteiger partial charge on any atom is 0.270 e. The summed E-state index contributed by atoms with van der Waals surface area (Å²) < 4.78 is 13.0. The van der Waals surface area contributed by atoms with Crippen LogP contribution in [0.25, 0.3) is 11.1 Å². The minimum Gasteiger partial charge on any atom is -0.429 e. The molecule has 0 spiro atoms. The van der Waals surface area contributed by atoms with Crippen molar-refractivity contribution in [1.29, 1.82) is 0 Å². The summed E-state index contributed by atoms with van der Waals surface area (Å²) in [7, 11) is 0. The number of hydrogen-bond acceptors (Lipinski definition) is 5. The predicted octanol–water partition coefficient (Wildman–Crippen LogP) is 3.18. The third kappa shape index (κ3) is 4.72. The molecule has 3 rings (SSSR count). The molecule has 1 amide bonds. The van der Waals surface area contributed by atoms with Gasteiger partial charge in [0.15, 0.2) is 5.58 Å². The Hall–Kier alpha value is -1.70.